The first kappa shape index (κ1) is 12.7. The van der Waals surface area contributed by atoms with Gasteiger partial charge in [-0.3, -0.25) is 4.79 Å². The Balaban J connectivity index is 1.71. The first-order chi connectivity index (χ1) is 10.7. The van der Waals surface area contributed by atoms with Gasteiger partial charge < -0.3 is 14.9 Å². The van der Waals surface area contributed by atoms with E-state index in [4.69, 9.17) is 0 Å². The van der Waals surface area contributed by atoms with Crippen molar-refractivity contribution in [2.75, 3.05) is 5.32 Å². The van der Waals surface area contributed by atoms with Gasteiger partial charge in [-0.05, 0) is 41.8 Å². The van der Waals surface area contributed by atoms with Crippen LogP contribution in [-0.2, 0) is 7.05 Å². The van der Waals surface area contributed by atoms with Crippen molar-refractivity contribution in [1.29, 1.82) is 0 Å². The second kappa shape index (κ2) is 4.77. The van der Waals surface area contributed by atoms with Crippen LogP contribution in [0.15, 0.2) is 60.9 Å². The molecule has 2 heterocycles. The lowest BCUT2D eigenvalue weighted by atomic mass is 10.1. The van der Waals surface area contributed by atoms with E-state index in [1.54, 1.807) is 0 Å². The normalized spacial score (nSPS) is 11.1. The van der Waals surface area contributed by atoms with Crippen LogP contribution in [0.1, 0.15) is 10.4 Å². The molecular formula is C18H15N3O. The Morgan fingerprint density at radius 3 is 2.95 bits per heavy atom. The standard InChI is InChI=1S/C18H15N3O/c1-21-10-8-14-15(3-2-4-17(14)21)18(22)20-13-6-5-12-7-9-19-16(12)11-13/h2-11,19H,1H3,(H,20,22). The summed E-state index contributed by atoms with van der Waals surface area (Å²) < 4.78 is 2.01. The maximum atomic E-state index is 12.6. The number of hydrogen-bond acceptors (Lipinski definition) is 1. The number of nitrogens with zero attached hydrogens (tertiary/aromatic N) is 1. The molecule has 0 bridgehead atoms. The number of anilines is 1. The predicted molar refractivity (Wildman–Crippen MR) is 89.2 cm³/mol. The summed E-state index contributed by atoms with van der Waals surface area (Å²) in [6.07, 6.45) is 3.85. The monoisotopic (exact) mass is 289 g/mol. The molecule has 2 aromatic carbocycles. The van der Waals surface area contributed by atoms with E-state index in [0.717, 1.165) is 27.5 Å². The summed E-state index contributed by atoms with van der Waals surface area (Å²) in [6, 6.07) is 15.6. The van der Waals surface area contributed by atoms with Gasteiger partial charge in [-0.25, -0.2) is 0 Å². The molecule has 0 radical (unpaired) electrons. The number of carbonyl (C=O) groups excluding carboxylic acids is 1. The Kier molecular flexibility index (Phi) is 2.76. The van der Waals surface area contributed by atoms with Gasteiger partial charge in [-0.1, -0.05) is 12.1 Å². The van der Waals surface area contributed by atoms with E-state index in [0.29, 0.717) is 5.56 Å². The maximum Gasteiger partial charge on any atom is 0.256 e. The lowest BCUT2D eigenvalue weighted by Gasteiger charge is -2.07. The quantitative estimate of drug-likeness (QED) is 0.577. The van der Waals surface area contributed by atoms with E-state index in [-0.39, 0.29) is 5.91 Å². The van der Waals surface area contributed by atoms with Crippen LogP contribution in [0, 0.1) is 0 Å². The molecule has 0 aliphatic rings. The third kappa shape index (κ3) is 1.97. The molecule has 4 aromatic rings. The summed E-state index contributed by atoms with van der Waals surface area (Å²) >= 11 is 0. The van der Waals surface area contributed by atoms with E-state index in [1.165, 1.54) is 0 Å². The van der Waals surface area contributed by atoms with Crippen LogP contribution in [0.25, 0.3) is 21.8 Å². The van der Waals surface area contributed by atoms with Crippen molar-refractivity contribution < 1.29 is 4.79 Å². The van der Waals surface area contributed by atoms with Crippen molar-refractivity contribution >= 4 is 33.4 Å². The Morgan fingerprint density at radius 2 is 2.05 bits per heavy atom. The number of aromatic nitrogens is 2. The first-order valence-electron chi connectivity index (χ1n) is 7.15. The highest BCUT2D eigenvalue weighted by atomic mass is 16.1. The minimum Gasteiger partial charge on any atom is -0.361 e. The Bertz CT molecular complexity index is 994. The molecule has 4 rings (SSSR count). The average Bonchev–Trinajstić information content (AvgIpc) is 3.13. The van der Waals surface area contributed by atoms with E-state index in [2.05, 4.69) is 10.3 Å². The zero-order chi connectivity index (χ0) is 15.1. The molecule has 0 aliphatic carbocycles. The van der Waals surface area contributed by atoms with Crippen LogP contribution in [0.2, 0.25) is 0 Å². The molecule has 108 valence electrons. The van der Waals surface area contributed by atoms with E-state index in [1.807, 2.05) is 72.5 Å². The maximum absolute atomic E-state index is 12.6. The Morgan fingerprint density at radius 1 is 1.14 bits per heavy atom. The highest BCUT2D eigenvalue weighted by Crippen LogP contribution is 2.22. The van der Waals surface area contributed by atoms with Crippen molar-refractivity contribution in [1.82, 2.24) is 9.55 Å². The van der Waals surface area contributed by atoms with Gasteiger partial charge in [-0.15, -0.1) is 0 Å². The molecule has 2 aromatic heterocycles. The number of rotatable bonds is 2. The summed E-state index contributed by atoms with van der Waals surface area (Å²) in [5.74, 6) is -0.0947. The zero-order valence-electron chi connectivity index (χ0n) is 12.1. The lowest BCUT2D eigenvalue weighted by molar-refractivity contribution is 0.102. The van der Waals surface area contributed by atoms with Crippen molar-refractivity contribution in [3.05, 3.63) is 66.5 Å². The highest BCUT2D eigenvalue weighted by Gasteiger charge is 2.12. The minimum atomic E-state index is -0.0947. The average molecular weight is 289 g/mol. The van der Waals surface area contributed by atoms with Crippen LogP contribution in [0.3, 0.4) is 0 Å². The molecule has 0 atom stereocenters. The fourth-order valence-corrected chi connectivity index (χ4v) is 2.82. The van der Waals surface area contributed by atoms with Crippen molar-refractivity contribution in [3.8, 4) is 0 Å². The topological polar surface area (TPSA) is 49.8 Å². The Hall–Kier alpha value is -3.01. The molecule has 22 heavy (non-hydrogen) atoms. The molecule has 2 N–H and O–H groups in total. The van der Waals surface area contributed by atoms with Crippen molar-refractivity contribution in [3.63, 3.8) is 0 Å². The second-order valence-electron chi connectivity index (χ2n) is 5.40. The summed E-state index contributed by atoms with van der Waals surface area (Å²) in [5.41, 5.74) is 3.53. The number of amides is 1. The molecule has 0 saturated carbocycles. The van der Waals surface area contributed by atoms with Crippen molar-refractivity contribution in [2.45, 2.75) is 0 Å². The van der Waals surface area contributed by atoms with Gasteiger partial charge in [0.25, 0.3) is 5.91 Å². The number of aromatic amines is 1. The number of nitrogens with one attached hydrogen (secondary N) is 2. The van der Waals surface area contributed by atoms with Crippen LogP contribution >= 0.6 is 0 Å². The zero-order valence-corrected chi connectivity index (χ0v) is 12.1. The smallest absolute Gasteiger partial charge is 0.256 e. The molecule has 0 saturated heterocycles. The summed E-state index contributed by atoms with van der Waals surface area (Å²) in [6.45, 7) is 0. The number of fused-ring (bicyclic) bond motifs is 2. The fourth-order valence-electron chi connectivity index (χ4n) is 2.82. The van der Waals surface area contributed by atoms with Gasteiger partial charge in [0, 0.05) is 47.1 Å². The van der Waals surface area contributed by atoms with Gasteiger partial charge in [0.1, 0.15) is 0 Å². The number of H-pyrrole nitrogens is 1. The van der Waals surface area contributed by atoms with Gasteiger partial charge in [0.05, 0.1) is 0 Å². The summed E-state index contributed by atoms with van der Waals surface area (Å²) in [7, 11) is 1.98. The molecule has 4 heteroatoms. The van der Waals surface area contributed by atoms with E-state index in [9.17, 15) is 4.79 Å². The fraction of sp³-hybridized carbons (Fsp3) is 0.0556. The first-order valence-corrected chi connectivity index (χ1v) is 7.15. The predicted octanol–water partition coefficient (Wildman–Crippen LogP) is 3.91. The third-order valence-electron chi connectivity index (χ3n) is 3.99. The summed E-state index contributed by atoms with van der Waals surface area (Å²) in [4.78, 5) is 15.7. The number of benzene rings is 2. The van der Waals surface area contributed by atoms with Gasteiger partial charge in [0.2, 0.25) is 0 Å². The molecular weight excluding hydrogens is 274 g/mol. The summed E-state index contributed by atoms with van der Waals surface area (Å²) in [5, 5.41) is 5.06. The van der Waals surface area contributed by atoms with Gasteiger partial charge >= 0.3 is 0 Å². The van der Waals surface area contributed by atoms with Gasteiger partial charge in [-0.2, -0.15) is 0 Å². The Labute approximate surface area is 127 Å². The number of hydrogen-bond donors (Lipinski definition) is 2. The highest BCUT2D eigenvalue weighted by molar-refractivity contribution is 6.13. The van der Waals surface area contributed by atoms with Crippen LogP contribution in [-0.4, -0.2) is 15.5 Å². The number of carbonyl (C=O) groups is 1. The molecule has 1 amide bonds. The minimum absolute atomic E-state index is 0.0947. The third-order valence-corrected chi connectivity index (χ3v) is 3.99. The van der Waals surface area contributed by atoms with Crippen LogP contribution < -0.4 is 5.32 Å². The molecule has 4 nitrogen and oxygen atoms in total. The largest absolute Gasteiger partial charge is 0.361 e. The van der Waals surface area contributed by atoms with E-state index >= 15 is 0 Å². The van der Waals surface area contributed by atoms with Crippen molar-refractivity contribution in [2.24, 2.45) is 7.05 Å². The molecule has 0 unspecified atom stereocenters. The SMILES string of the molecule is Cn1ccc2c(C(=O)Nc3ccc4cc[nH]c4c3)cccc21. The number of aryl methyl sites for hydroxylation is 1. The van der Waals surface area contributed by atoms with Crippen LogP contribution in [0.4, 0.5) is 5.69 Å². The lowest BCUT2D eigenvalue weighted by Crippen LogP contribution is -2.12. The molecule has 0 aliphatic heterocycles. The molecule has 0 fully saturated rings. The second-order valence-corrected chi connectivity index (χ2v) is 5.40. The van der Waals surface area contributed by atoms with Gasteiger partial charge in [0.15, 0.2) is 0 Å². The molecule has 0 spiro atoms. The van der Waals surface area contributed by atoms with Crippen LogP contribution in [0.5, 0.6) is 0 Å². The van der Waals surface area contributed by atoms with E-state index < -0.39 is 0 Å².